The van der Waals surface area contributed by atoms with Crippen LogP contribution in [0.5, 0.6) is 0 Å². The van der Waals surface area contributed by atoms with Crippen molar-refractivity contribution in [1.29, 1.82) is 0 Å². The van der Waals surface area contributed by atoms with Gasteiger partial charge in [0, 0.05) is 37.1 Å². The summed E-state index contributed by atoms with van der Waals surface area (Å²) >= 11 is 0. The van der Waals surface area contributed by atoms with Crippen molar-refractivity contribution < 1.29 is 136 Å². The molecule has 0 aromatic rings. The van der Waals surface area contributed by atoms with Crippen LogP contribution in [0.4, 0.5) is 0 Å². The van der Waals surface area contributed by atoms with Crippen molar-refractivity contribution in [2.75, 3.05) is 0 Å². The first kappa shape index (κ1) is 46.2. The van der Waals surface area contributed by atoms with Crippen LogP contribution in [0.15, 0.2) is 0 Å². The maximum absolute atomic E-state index is 9.10. The first-order chi connectivity index (χ1) is 13.2. The summed E-state index contributed by atoms with van der Waals surface area (Å²) in [6, 6.07) is 0. The average molecular weight is 552 g/mol. The van der Waals surface area contributed by atoms with Gasteiger partial charge in [-0.25, -0.2) is 47.9 Å². The summed E-state index contributed by atoms with van der Waals surface area (Å²) < 4.78 is 0. The molecule has 0 rings (SSSR count). The van der Waals surface area contributed by atoms with Crippen LogP contribution in [-0.4, -0.2) is 111 Å². The number of hydrogen-bond donors (Lipinski definition) is 10. The zero-order valence-corrected chi connectivity index (χ0v) is 17.2. The third-order valence-corrected chi connectivity index (χ3v) is 0.915. The standard InChI is InChI=1S/5C2H2O4.2V/c5*3-1(4)2(5)6;;/h5*(H,3,4)(H,5,6);;. The van der Waals surface area contributed by atoms with E-state index in [-0.39, 0.29) is 37.1 Å². The Hall–Kier alpha value is -4.13. The van der Waals surface area contributed by atoms with Crippen molar-refractivity contribution in [3.63, 3.8) is 0 Å². The molecule has 0 fully saturated rings. The van der Waals surface area contributed by atoms with Gasteiger partial charge in [-0.2, -0.15) is 0 Å². The van der Waals surface area contributed by atoms with Gasteiger partial charge in [0.05, 0.1) is 0 Å². The smallest absolute Gasteiger partial charge is 0.414 e. The van der Waals surface area contributed by atoms with Crippen molar-refractivity contribution >= 4 is 59.7 Å². The molecule has 0 atom stereocenters. The average Bonchev–Trinajstić information content (AvgIpc) is 2.56. The van der Waals surface area contributed by atoms with Crippen LogP contribution >= 0.6 is 0 Å². The molecule has 0 aliphatic rings. The van der Waals surface area contributed by atoms with Gasteiger partial charge in [0.15, 0.2) is 0 Å². The first-order valence-electron chi connectivity index (χ1n) is 5.53. The van der Waals surface area contributed by atoms with E-state index in [1.165, 1.54) is 0 Å². The minimum Gasteiger partial charge on any atom is -0.473 e. The second kappa shape index (κ2) is 26.9. The van der Waals surface area contributed by atoms with Crippen LogP contribution in [0.1, 0.15) is 0 Å². The molecular formula is C10H10O20V2. The molecule has 2 radical (unpaired) electrons. The summed E-state index contributed by atoms with van der Waals surface area (Å²) in [5.41, 5.74) is 0. The van der Waals surface area contributed by atoms with E-state index in [2.05, 4.69) is 0 Å². The van der Waals surface area contributed by atoms with Gasteiger partial charge in [-0.15, -0.1) is 0 Å². The summed E-state index contributed by atoms with van der Waals surface area (Å²) in [7, 11) is 0. The molecule has 0 saturated heterocycles. The Morgan fingerprint density at radius 3 is 0.250 bits per heavy atom. The fourth-order valence-corrected chi connectivity index (χ4v) is 0. The van der Waals surface area contributed by atoms with Gasteiger partial charge >= 0.3 is 59.7 Å². The molecule has 0 amide bonds. The largest absolute Gasteiger partial charge is 0.473 e. The number of rotatable bonds is 0. The zero-order chi connectivity index (χ0) is 25.8. The molecule has 0 aliphatic carbocycles. The van der Waals surface area contributed by atoms with Crippen LogP contribution in [-0.2, 0) is 85.1 Å². The molecule has 0 aromatic heterocycles. The number of hydrogen-bond acceptors (Lipinski definition) is 10. The van der Waals surface area contributed by atoms with E-state index in [4.69, 9.17) is 99.0 Å². The van der Waals surface area contributed by atoms with Gasteiger partial charge in [0.1, 0.15) is 0 Å². The monoisotopic (exact) mass is 552 g/mol. The zero-order valence-electron chi connectivity index (χ0n) is 14.4. The SMILES string of the molecule is O=C(O)C(=O)O.O=C(O)C(=O)O.O=C(O)C(=O)O.O=C(O)C(=O)O.O=C(O)C(=O)O.[V].[V]. The first-order valence-corrected chi connectivity index (χ1v) is 5.53. The number of carboxylic acids is 10. The summed E-state index contributed by atoms with van der Waals surface area (Å²) in [4.78, 5) is 91.0. The minimum atomic E-state index is -1.82. The summed E-state index contributed by atoms with van der Waals surface area (Å²) in [5, 5.41) is 73.9. The molecule has 180 valence electrons. The van der Waals surface area contributed by atoms with Crippen LogP contribution < -0.4 is 0 Å². The van der Waals surface area contributed by atoms with Gasteiger partial charge in [-0.05, 0) is 0 Å². The number of aliphatic carboxylic acids is 10. The van der Waals surface area contributed by atoms with Crippen LogP contribution in [0, 0.1) is 0 Å². The molecule has 0 aliphatic heterocycles. The van der Waals surface area contributed by atoms with Gasteiger partial charge in [-0.1, -0.05) is 0 Å². The van der Waals surface area contributed by atoms with Crippen LogP contribution in [0.2, 0.25) is 0 Å². The van der Waals surface area contributed by atoms with Crippen molar-refractivity contribution in [1.82, 2.24) is 0 Å². The summed E-state index contributed by atoms with van der Waals surface area (Å²) in [5.74, 6) is -18.2. The van der Waals surface area contributed by atoms with E-state index in [0.717, 1.165) is 0 Å². The fourth-order valence-electron chi connectivity index (χ4n) is 0. The van der Waals surface area contributed by atoms with E-state index in [9.17, 15) is 0 Å². The molecular weight excluding hydrogens is 542 g/mol. The van der Waals surface area contributed by atoms with Crippen LogP contribution in [0.25, 0.3) is 0 Å². The maximum atomic E-state index is 9.10. The topological polar surface area (TPSA) is 373 Å². The molecule has 22 heteroatoms. The molecule has 20 nitrogen and oxygen atoms in total. The van der Waals surface area contributed by atoms with E-state index in [1.54, 1.807) is 0 Å². The second-order valence-corrected chi connectivity index (χ2v) is 3.05. The Kier molecular flexibility index (Phi) is 38.8. The predicted octanol–water partition coefficient (Wildman–Crippen LogP) is -4.23. The van der Waals surface area contributed by atoms with Crippen molar-refractivity contribution in [3.05, 3.63) is 0 Å². The molecule has 0 spiro atoms. The molecule has 0 unspecified atom stereocenters. The van der Waals surface area contributed by atoms with E-state index in [0.29, 0.717) is 0 Å². The third-order valence-electron chi connectivity index (χ3n) is 0.915. The molecule has 0 aromatic carbocycles. The van der Waals surface area contributed by atoms with Gasteiger partial charge in [0.25, 0.3) is 0 Å². The normalized spacial score (nSPS) is 6.88. The summed E-state index contributed by atoms with van der Waals surface area (Å²) in [6.07, 6.45) is 0. The molecule has 32 heavy (non-hydrogen) atoms. The Morgan fingerprint density at radius 1 is 0.219 bits per heavy atom. The quantitative estimate of drug-likeness (QED) is 0.127. The molecule has 0 heterocycles. The predicted molar refractivity (Wildman–Crippen MR) is 76.4 cm³/mol. The second-order valence-electron chi connectivity index (χ2n) is 3.05. The fraction of sp³-hybridized carbons (Fsp3) is 0. The van der Waals surface area contributed by atoms with Crippen LogP contribution in [0.3, 0.4) is 0 Å². The Balaban J connectivity index is -0.0000000481. The van der Waals surface area contributed by atoms with E-state index >= 15 is 0 Å². The Labute approximate surface area is 196 Å². The Morgan fingerprint density at radius 2 is 0.250 bits per heavy atom. The molecule has 0 bridgehead atoms. The van der Waals surface area contributed by atoms with E-state index < -0.39 is 59.7 Å². The van der Waals surface area contributed by atoms with Crippen molar-refractivity contribution in [2.24, 2.45) is 0 Å². The number of carbonyl (C=O) groups is 10. The molecule has 10 N–H and O–H groups in total. The van der Waals surface area contributed by atoms with Gasteiger partial charge < -0.3 is 51.1 Å². The summed E-state index contributed by atoms with van der Waals surface area (Å²) in [6.45, 7) is 0. The molecule has 0 saturated carbocycles. The van der Waals surface area contributed by atoms with Crippen molar-refractivity contribution in [2.45, 2.75) is 0 Å². The van der Waals surface area contributed by atoms with Gasteiger partial charge in [0.2, 0.25) is 0 Å². The number of carboxylic acid groups (broad SMARTS) is 10. The maximum Gasteiger partial charge on any atom is 0.414 e. The third kappa shape index (κ3) is 63.5. The van der Waals surface area contributed by atoms with E-state index in [1.807, 2.05) is 0 Å². The minimum absolute atomic E-state index is 0. The van der Waals surface area contributed by atoms with Gasteiger partial charge in [-0.3, -0.25) is 0 Å². The Bertz CT molecular complexity index is 508. The van der Waals surface area contributed by atoms with Crippen molar-refractivity contribution in [3.8, 4) is 0 Å².